The molecule has 0 fully saturated rings. The molecule has 1 aliphatic rings. The second kappa shape index (κ2) is 5.60. The maximum Gasteiger partial charge on any atom is 0.247 e. The second-order valence-electron chi connectivity index (χ2n) is 5.27. The van der Waals surface area contributed by atoms with Crippen LogP contribution in [0.1, 0.15) is 29.0 Å². The van der Waals surface area contributed by atoms with Crippen molar-refractivity contribution < 1.29 is 14.3 Å². The van der Waals surface area contributed by atoms with E-state index in [-0.39, 0.29) is 12.0 Å². The molecule has 0 unspecified atom stereocenters. The molecule has 0 saturated carbocycles. The van der Waals surface area contributed by atoms with E-state index in [0.717, 1.165) is 22.9 Å². The van der Waals surface area contributed by atoms with E-state index < -0.39 is 0 Å². The lowest BCUT2D eigenvalue weighted by Crippen LogP contribution is -2.30. The van der Waals surface area contributed by atoms with Crippen molar-refractivity contribution in [2.75, 3.05) is 6.61 Å². The molecule has 1 aromatic carbocycles. The van der Waals surface area contributed by atoms with Crippen LogP contribution in [0.3, 0.4) is 0 Å². The van der Waals surface area contributed by atoms with E-state index in [1.165, 1.54) is 4.68 Å². The molecule has 0 radical (unpaired) electrons. The van der Waals surface area contributed by atoms with Crippen LogP contribution in [-0.2, 0) is 0 Å². The Balaban J connectivity index is 1.59. The van der Waals surface area contributed by atoms with Gasteiger partial charge >= 0.3 is 0 Å². The molecular weight excluding hydrogens is 268 g/mol. The fraction of sp³-hybridized carbons (Fsp3) is 0.375. The minimum atomic E-state index is -0.0965. The van der Waals surface area contributed by atoms with Gasteiger partial charge in [-0.25, -0.2) is 4.68 Å². The van der Waals surface area contributed by atoms with E-state index in [0.29, 0.717) is 19.4 Å². The van der Waals surface area contributed by atoms with Crippen LogP contribution in [0.15, 0.2) is 30.3 Å². The number of nitrogens with zero attached hydrogens (tertiary/aromatic N) is 2. The average Bonchev–Trinajstić information content (AvgIpc) is 2.83. The van der Waals surface area contributed by atoms with Gasteiger partial charge in [-0.15, -0.1) is 0 Å². The first-order valence-electron chi connectivity index (χ1n) is 7.08. The van der Waals surface area contributed by atoms with Gasteiger partial charge in [0.1, 0.15) is 12.7 Å². The van der Waals surface area contributed by atoms with Gasteiger partial charge in [0.15, 0.2) is 11.5 Å². The zero-order valence-electron chi connectivity index (χ0n) is 12.2. The number of fused-ring (bicyclic) bond motifs is 1. The summed E-state index contributed by atoms with van der Waals surface area (Å²) in [5, 5.41) is 4.20. The van der Waals surface area contributed by atoms with Crippen molar-refractivity contribution in [2.24, 2.45) is 0 Å². The van der Waals surface area contributed by atoms with Gasteiger partial charge in [0.05, 0.1) is 5.69 Å². The smallest absolute Gasteiger partial charge is 0.247 e. The molecule has 5 nitrogen and oxygen atoms in total. The number of rotatable bonds is 3. The number of ether oxygens (including phenoxy) is 2. The topological polar surface area (TPSA) is 53.4 Å². The van der Waals surface area contributed by atoms with E-state index in [1.807, 2.05) is 44.2 Å². The highest BCUT2D eigenvalue weighted by atomic mass is 16.6. The number of aromatic nitrogens is 2. The van der Waals surface area contributed by atoms with E-state index in [2.05, 4.69) is 5.10 Å². The summed E-state index contributed by atoms with van der Waals surface area (Å²) in [7, 11) is 0. The van der Waals surface area contributed by atoms with Crippen molar-refractivity contribution in [3.05, 3.63) is 41.7 Å². The Hall–Kier alpha value is -2.30. The van der Waals surface area contributed by atoms with Crippen molar-refractivity contribution in [1.29, 1.82) is 0 Å². The molecule has 0 spiro atoms. The molecule has 0 amide bonds. The van der Waals surface area contributed by atoms with Crippen LogP contribution in [-0.4, -0.2) is 28.4 Å². The van der Waals surface area contributed by atoms with Gasteiger partial charge in [-0.2, -0.15) is 5.10 Å². The normalized spacial score (nSPS) is 16.8. The van der Waals surface area contributed by atoms with E-state index in [1.54, 1.807) is 0 Å². The third-order valence-corrected chi connectivity index (χ3v) is 3.49. The summed E-state index contributed by atoms with van der Waals surface area (Å²) in [6, 6.07) is 9.48. The summed E-state index contributed by atoms with van der Waals surface area (Å²) >= 11 is 0. The highest BCUT2D eigenvalue weighted by Gasteiger charge is 2.22. The average molecular weight is 286 g/mol. The first-order chi connectivity index (χ1) is 10.1. The van der Waals surface area contributed by atoms with Crippen molar-refractivity contribution >= 4 is 5.91 Å². The predicted octanol–water partition coefficient (Wildman–Crippen LogP) is 2.76. The minimum Gasteiger partial charge on any atom is -0.486 e. The zero-order chi connectivity index (χ0) is 14.8. The molecule has 110 valence electrons. The maximum absolute atomic E-state index is 12.2. The Morgan fingerprint density at radius 1 is 1.33 bits per heavy atom. The third-order valence-electron chi connectivity index (χ3n) is 3.49. The molecule has 0 aliphatic carbocycles. The van der Waals surface area contributed by atoms with Crippen LogP contribution in [0.25, 0.3) is 0 Å². The van der Waals surface area contributed by atoms with E-state index in [4.69, 9.17) is 9.47 Å². The van der Waals surface area contributed by atoms with Crippen LogP contribution in [0.4, 0.5) is 0 Å². The molecule has 2 heterocycles. The van der Waals surface area contributed by atoms with Crippen LogP contribution in [0.5, 0.6) is 11.5 Å². The number of benzene rings is 1. The standard InChI is InChI=1S/C16H18N2O3/c1-11-9-12(2)18(17-11)16(19)8-7-13-10-20-14-5-3-4-6-15(14)21-13/h3-6,9,13H,7-8,10H2,1-2H3/t13-/m1/s1. The summed E-state index contributed by atoms with van der Waals surface area (Å²) in [5.41, 5.74) is 1.72. The summed E-state index contributed by atoms with van der Waals surface area (Å²) < 4.78 is 13.0. The van der Waals surface area contributed by atoms with Gasteiger partial charge in [0, 0.05) is 12.1 Å². The molecule has 1 aliphatic heterocycles. The van der Waals surface area contributed by atoms with Gasteiger partial charge in [-0.05, 0) is 38.5 Å². The zero-order valence-corrected chi connectivity index (χ0v) is 12.2. The molecule has 3 rings (SSSR count). The van der Waals surface area contributed by atoms with Gasteiger partial charge in [0.25, 0.3) is 0 Å². The summed E-state index contributed by atoms with van der Waals surface area (Å²) in [5.74, 6) is 1.49. The van der Waals surface area contributed by atoms with Gasteiger partial charge in [-0.1, -0.05) is 12.1 Å². The molecule has 5 heteroatoms. The summed E-state index contributed by atoms with van der Waals surface area (Å²) in [6.45, 7) is 4.24. The number of para-hydroxylation sites is 2. The Kier molecular flexibility index (Phi) is 3.64. The second-order valence-corrected chi connectivity index (χ2v) is 5.27. The number of aryl methyl sites for hydroxylation is 2. The van der Waals surface area contributed by atoms with Crippen LogP contribution in [0.2, 0.25) is 0 Å². The molecular formula is C16H18N2O3. The first kappa shape index (κ1) is 13.7. The van der Waals surface area contributed by atoms with Gasteiger partial charge in [-0.3, -0.25) is 4.79 Å². The van der Waals surface area contributed by atoms with Crippen molar-refractivity contribution in [3.8, 4) is 11.5 Å². The number of carbonyl (C=O) groups is 1. The van der Waals surface area contributed by atoms with Crippen molar-refractivity contribution in [1.82, 2.24) is 9.78 Å². The molecule has 0 N–H and O–H groups in total. The van der Waals surface area contributed by atoms with Gasteiger partial charge in [0.2, 0.25) is 5.91 Å². The molecule has 1 atom stereocenters. The Bertz CT molecular complexity index is 663. The third kappa shape index (κ3) is 2.91. The highest BCUT2D eigenvalue weighted by molar-refractivity contribution is 5.78. The van der Waals surface area contributed by atoms with Crippen LogP contribution < -0.4 is 9.47 Å². The molecule has 2 aromatic rings. The largest absolute Gasteiger partial charge is 0.486 e. The van der Waals surface area contributed by atoms with Crippen LogP contribution >= 0.6 is 0 Å². The molecule has 1 aromatic heterocycles. The fourth-order valence-corrected chi connectivity index (χ4v) is 2.48. The Labute approximate surface area is 123 Å². The Morgan fingerprint density at radius 3 is 2.81 bits per heavy atom. The van der Waals surface area contributed by atoms with Crippen molar-refractivity contribution in [2.45, 2.75) is 32.8 Å². The predicted molar refractivity (Wildman–Crippen MR) is 77.9 cm³/mol. The van der Waals surface area contributed by atoms with Crippen LogP contribution in [0, 0.1) is 13.8 Å². The van der Waals surface area contributed by atoms with E-state index >= 15 is 0 Å². The van der Waals surface area contributed by atoms with E-state index in [9.17, 15) is 4.79 Å². The lowest BCUT2D eigenvalue weighted by Gasteiger charge is -2.26. The lowest BCUT2D eigenvalue weighted by molar-refractivity contribution is 0.0716. The molecule has 0 bridgehead atoms. The summed E-state index contributed by atoms with van der Waals surface area (Å²) in [4.78, 5) is 12.2. The SMILES string of the molecule is Cc1cc(C)n(C(=O)CC[C@@H]2COc3ccccc3O2)n1. The minimum absolute atomic E-state index is 0.0111. The summed E-state index contributed by atoms with van der Waals surface area (Å²) in [6.07, 6.45) is 0.907. The molecule has 21 heavy (non-hydrogen) atoms. The number of hydrogen-bond acceptors (Lipinski definition) is 4. The van der Waals surface area contributed by atoms with Gasteiger partial charge < -0.3 is 9.47 Å². The monoisotopic (exact) mass is 286 g/mol. The Morgan fingerprint density at radius 2 is 2.10 bits per heavy atom. The number of hydrogen-bond donors (Lipinski definition) is 0. The molecule has 0 saturated heterocycles. The lowest BCUT2D eigenvalue weighted by atomic mass is 10.1. The quantitative estimate of drug-likeness (QED) is 0.870. The highest BCUT2D eigenvalue weighted by Crippen LogP contribution is 2.31. The number of carbonyl (C=O) groups excluding carboxylic acids is 1. The maximum atomic E-state index is 12.2. The first-order valence-corrected chi connectivity index (χ1v) is 7.08. The van der Waals surface area contributed by atoms with Crippen molar-refractivity contribution in [3.63, 3.8) is 0 Å². The fourth-order valence-electron chi connectivity index (χ4n) is 2.48.